The van der Waals surface area contributed by atoms with E-state index in [1.54, 1.807) is 0 Å². The Hall–Kier alpha value is -2.54. The molecule has 0 unspecified atom stereocenters. The van der Waals surface area contributed by atoms with Crippen LogP contribution in [-0.4, -0.2) is 56.8 Å². The third-order valence-electron chi connectivity index (χ3n) is 6.74. The van der Waals surface area contributed by atoms with E-state index in [4.69, 9.17) is 4.98 Å². The molecule has 0 spiro atoms. The number of anilines is 2. The molecule has 7 heteroatoms. The Balaban J connectivity index is 1.46. The van der Waals surface area contributed by atoms with Gasteiger partial charge in [0, 0.05) is 35.7 Å². The molecule has 7 nitrogen and oxygen atoms in total. The van der Waals surface area contributed by atoms with Crippen LogP contribution in [-0.2, 0) is 4.79 Å². The van der Waals surface area contributed by atoms with Gasteiger partial charge in [-0.1, -0.05) is 6.92 Å². The Morgan fingerprint density at radius 2 is 1.66 bits per heavy atom. The molecule has 2 aromatic rings. The number of hydrogen-bond donors (Lipinski definition) is 1. The Kier molecular flexibility index (Phi) is 7.04. The topological polar surface area (TPSA) is 74.2 Å². The number of rotatable bonds is 6. The van der Waals surface area contributed by atoms with Crippen LogP contribution in [0.1, 0.15) is 67.8 Å². The average Bonchev–Trinajstić information content (AvgIpc) is 3.23. The summed E-state index contributed by atoms with van der Waals surface area (Å²) in [7, 11) is 0. The molecule has 0 saturated carbocycles. The average molecular weight is 437 g/mol. The first-order chi connectivity index (χ1) is 15.4. The van der Waals surface area contributed by atoms with Crippen molar-refractivity contribution in [1.29, 1.82) is 0 Å². The van der Waals surface area contributed by atoms with Crippen molar-refractivity contribution in [3.63, 3.8) is 0 Å². The highest BCUT2D eigenvalue weighted by Crippen LogP contribution is 2.34. The molecular formula is C25H36N6O. The summed E-state index contributed by atoms with van der Waals surface area (Å²) in [5.41, 5.74) is 4.68. The lowest BCUT2D eigenvalue weighted by molar-refractivity contribution is -0.133. The third kappa shape index (κ3) is 5.44. The summed E-state index contributed by atoms with van der Waals surface area (Å²) in [5, 5.41) is 3.34. The standard InChI is InChI=1S/C25H36N6O/c1-5-30-11-8-20(9-12-30)15-24(32)31-10-6-7-23(31)22-16-21(14-19(4)26-22)29-25-27-17(2)13-18(3)28-25/h13-14,16,20,23H,5-12,15H2,1-4H3,(H,26,27,28,29)/t23-/m0/s1. The smallest absolute Gasteiger partial charge is 0.227 e. The second-order valence-corrected chi connectivity index (χ2v) is 9.35. The van der Waals surface area contributed by atoms with Crippen LogP contribution in [0.4, 0.5) is 11.6 Å². The predicted octanol–water partition coefficient (Wildman–Crippen LogP) is 4.33. The van der Waals surface area contributed by atoms with Crippen molar-refractivity contribution in [2.24, 2.45) is 5.92 Å². The van der Waals surface area contributed by atoms with E-state index in [0.717, 1.165) is 80.3 Å². The first kappa shape index (κ1) is 22.6. The number of hydrogen-bond acceptors (Lipinski definition) is 6. The number of carbonyl (C=O) groups is 1. The maximum absolute atomic E-state index is 13.2. The highest BCUT2D eigenvalue weighted by molar-refractivity contribution is 5.77. The maximum Gasteiger partial charge on any atom is 0.227 e. The molecule has 0 radical (unpaired) electrons. The minimum atomic E-state index is 0.0545. The van der Waals surface area contributed by atoms with E-state index in [1.165, 1.54) is 0 Å². The quantitative estimate of drug-likeness (QED) is 0.727. The molecule has 0 aliphatic carbocycles. The second-order valence-electron chi connectivity index (χ2n) is 9.35. The number of piperidine rings is 1. The number of amides is 1. The first-order valence-electron chi connectivity index (χ1n) is 12.0. The summed E-state index contributed by atoms with van der Waals surface area (Å²) in [6, 6.07) is 6.08. The normalized spacial score (nSPS) is 20.0. The van der Waals surface area contributed by atoms with E-state index in [1.807, 2.05) is 32.9 Å². The second kappa shape index (κ2) is 9.94. The number of aryl methyl sites for hydroxylation is 3. The summed E-state index contributed by atoms with van der Waals surface area (Å²) in [6.45, 7) is 12.3. The van der Waals surface area contributed by atoms with Gasteiger partial charge in [0.2, 0.25) is 11.9 Å². The van der Waals surface area contributed by atoms with Crippen LogP contribution in [0.15, 0.2) is 18.2 Å². The van der Waals surface area contributed by atoms with Crippen LogP contribution in [0.3, 0.4) is 0 Å². The van der Waals surface area contributed by atoms with Gasteiger partial charge in [-0.25, -0.2) is 9.97 Å². The monoisotopic (exact) mass is 436 g/mol. The van der Waals surface area contributed by atoms with Gasteiger partial charge in [-0.3, -0.25) is 9.78 Å². The van der Waals surface area contributed by atoms with Gasteiger partial charge in [0.15, 0.2) is 0 Å². The van der Waals surface area contributed by atoms with Crippen LogP contribution in [0.5, 0.6) is 0 Å². The Morgan fingerprint density at radius 3 is 2.34 bits per heavy atom. The molecule has 1 atom stereocenters. The fourth-order valence-corrected chi connectivity index (χ4v) is 5.09. The fourth-order valence-electron chi connectivity index (χ4n) is 5.09. The van der Waals surface area contributed by atoms with Gasteiger partial charge in [-0.2, -0.15) is 0 Å². The van der Waals surface area contributed by atoms with Crippen molar-refractivity contribution >= 4 is 17.5 Å². The van der Waals surface area contributed by atoms with Gasteiger partial charge in [0.1, 0.15) is 0 Å². The molecule has 1 amide bonds. The number of nitrogens with zero attached hydrogens (tertiary/aromatic N) is 5. The van der Waals surface area contributed by atoms with E-state index in [2.05, 4.69) is 38.1 Å². The molecule has 4 rings (SSSR count). The highest BCUT2D eigenvalue weighted by Gasteiger charge is 2.33. The fraction of sp³-hybridized carbons (Fsp3) is 0.600. The Bertz CT molecular complexity index is 933. The minimum Gasteiger partial charge on any atom is -0.334 e. The van der Waals surface area contributed by atoms with Gasteiger partial charge in [-0.05, 0) is 90.2 Å². The molecule has 2 aliphatic rings. The number of pyridine rings is 1. The van der Waals surface area contributed by atoms with E-state index < -0.39 is 0 Å². The zero-order chi connectivity index (χ0) is 22.7. The van der Waals surface area contributed by atoms with Gasteiger partial charge in [-0.15, -0.1) is 0 Å². The molecule has 4 heterocycles. The largest absolute Gasteiger partial charge is 0.334 e. The minimum absolute atomic E-state index is 0.0545. The summed E-state index contributed by atoms with van der Waals surface area (Å²) in [4.78, 5) is 31.6. The molecule has 2 fully saturated rings. The highest BCUT2D eigenvalue weighted by atomic mass is 16.2. The molecule has 2 saturated heterocycles. The van der Waals surface area contributed by atoms with Crippen molar-refractivity contribution in [3.05, 3.63) is 41.0 Å². The molecule has 1 N–H and O–H groups in total. The van der Waals surface area contributed by atoms with Crippen LogP contribution in [0.2, 0.25) is 0 Å². The Morgan fingerprint density at radius 1 is 0.969 bits per heavy atom. The van der Waals surface area contributed by atoms with E-state index >= 15 is 0 Å². The summed E-state index contributed by atoms with van der Waals surface area (Å²) < 4.78 is 0. The van der Waals surface area contributed by atoms with E-state index in [9.17, 15) is 4.79 Å². The van der Waals surface area contributed by atoms with Crippen LogP contribution in [0.25, 0.3) is 0 Å². The molecule has 2 aliphatic heterocycles. The van der Waals surface area contributed by atoms with Crippen molar-refractivity contribution in [2.45, 2.75) is 65.8 Å². The summed E-state index contributed by atoms with van der Waals surface area (Å²) >= 11 is 0. The van der Waals surface area contributed by atoms with Crippen molar-refractivity contribution in [2.75, 3.05) is 31.5 Å². The summed E-state index contributed by atoms with van der Waals surface area (Å²) in [6.07, 6.45) is 4.93. The van der Waals surface area contributed by atoms with Gasteiger partial charge >= 0.3 is 0 Å². The number of nitrogens with one attached hydrogen (secondary N) is 1. The zero-order valence-electron chi connectivity index (χ0n) is 19.9. The Labute approximate surface area is 191 Å². The van der Waals surface area contributed by atoms with Crippen LogP contribution < -0.4 is 5.32 Å². The lowest BCUT2D eigenvalue weighted by atomic mass is 9.93. The molecule has 0 aromatic carbocycles. The molecular weight excluding hydrogens is 400 g/mol. The van der Waals surface area contributed by atoms with Crippen molar-refractivity contribution in [3.8, 4) is 0 Å². The van der Waals surface area contributed by atoms with Crippen LogP contribution in [0, 0.1) is 26.7 Å². The number of likely N-dealkylation sites (tertiary alicyclic amines) is 2. The molecule has 0 bridgehead atoms. The van der Waals surface area contributed by atoms with Crippen molar-refractivity contribution in [1.82, 2.24) is 24.8 Å². The number of aromatic nitrogens is 3. The third-order valence-corrected chi connectivity index (χ3v) is 6.74. The first-order valence-corrected chi connectivity index (χ1v) is 12.0. The van der Waals surface area contributed by atoms with E-state index in [-0.39, 0.29) is 11.9 Å². The van der Waals surface area contributed by atoms with Gasteiger partial charge in [0.25, 0.3) is 0 Å². The van der Waals surface area contributed by atoms with Crippen molar-refractivity contribution < 1.29 is 4.79 Å². The summed E-state index contributed by atoms with van der Waals surface area (Å²) in [5.74, 6) is 1.39. The van der Waals surface area contributed by atoms with Gasteiger partial charge < -0.3 is 15.1 Å². The van der Waals surface area contributed by atoms with Crippen LogP contribution >= 0.6 is 0 Å². The SMILES string of the molecule is CCN1CCC(CC(=O)N2CCC[C@H]2c2cc(Nc3nc(C)cc(C)n3)cc(C)n2)CC1. The zero-order valence-corrected chi connectivity index (χ0v) is 19.9. The predicted molar refractivity (Wildman–Crippen MR) is 127 cm³/mol. The molecule has 2 aromatic heterocycles. The lowest BCUT2D eigenvalue weighted by Crippen LogP contribution is -2.37. The van der Waals surface area contributed by atoms with Gasteiger partial charge in [0.05, 0.1) is 11.7 Å². The molecule has 172 valence electrons. The van der Waals surface area contributed by atoms with E-state index in [0.29, 0.717) is 18.3 Å². The number of carbonyl (C=O) groups excluding carboxylic acids is 1. The molecule has 32 heavy (non-hydrogen) atoms. The maximum atomic E-state index is 13.2. The lowest BCUT2D eigenvalue weighted by Gasteiger charge is -2.32.